The molecule has 1 aromatic rings. The van der Waals surface area contributed by atoms with E-state index in [1.54, 1.807) is 6.20 Å². The van der Waals surface area contributed by atoms with Crippen molar-refractivity contribution >= 4 is 33.3 Å². The monoisotopic (exact) mass is 277 g/mol. The Morgan fingerprint density at radius 2 is 2.36 bits per heavy atom. The summed E-state index contributed by atoms with van der Waals surface area (Å²) in [6.07, 6.45) is 1.72. The second-order valence-corrected chi connectivity index (χ2v) is 4.38. The summed E-state index contributed by atoms with van der Waals surface area (Å²) in [6.45, 7) is 2.88. The molecule has 0 radical (unpaired) electrons. The molecule has 78 valence electrons. The molecule has 0 saturated carbocycles. The first-order valence-corrected chi connectivity index (χ1v) is 5.52. The van der Waals surface area contributed by atoms with Gasteiger partial charge in [-0.3, -0.25) is 0 Å². The third kappa shape index (κ3) is 3.44. The van der Waals surface area contributed by atoms with Gasteiger partial charge in [0.05, 0.1) is 5.02 Å². The van der Waals surface area contributed by atoms with Crippen molar-refractivity contribution in [3.8, 4) is 0 Å². The highest BCUT2D eigenvalue weighted by Gasteiger charge is 2.03. The number of nitrogens with one attached hydrogen (secondary N) is 2. The summed E-state index contributed by atoms with van der Waals surface area (Å²) in [4.78, 5) is 4.17. The number of halogens is 2. The van der Waals surface area contributed by atoms with Crippen LogP contribution < -0.4 is 10.6 Å². The maximum Gasteiger partial charge on any atom is 0.144 e. The summed E-state index contributed by atoms with van der Waals surface area (Å²) < 4.78 is 0.884. The van der Waals surface area contributed by atoms with Crippen LogP contribution in [0.2, 0.25) is 5.02 Å². The summed E-state index contributed by atoms with van der Waals surface area (Å²) in [5, 5.41) is 6.92. The van der Waals surface area contributed by atoms with Crippen LogP contribution in [0, 0.1) is 0 Å². The van der Waals surface area contributed by atoms with Gasteiger partial charge in [0.15, 0.2) is 0 Å². The van der Waals surface area contributed by atoms with E-state index in [1.807, 2.05) is 13.1 Å². The summed E-state index contributed by atoms with van der Waals surface area (Å²) in [6, 6.07) is 2.21. The highest BCUT2D eigenvalue weighted by atomic mass is 79.9. The predicted molar refractivity (Wildman–Crippen MR) is 64.0 cm³/mol. The normalized spacial score (nSPS) is 12.6. The second-order valence-electron chi connectivity index (χ2n) is 3.05. The summed E-state index contributed by atoms with van der Waals surface area (Å²) in [5.41, 5.74) is 0. The highest BCUT2D eigenvalue weighted by Crippen LogP contribution is 2.22. The Morgan fingerprint density at radius 1 is 1.64 bits per heavy atom. The molecular weight excluding hydrogens is 265 g/mol. The minimum absolute atomic E-state index is 0.386. The van der Waals surface area contributed by atoms with E-state index in [1.165, 1.54) is 0 Å². The Kier molecular flexibility index (Phi) is 4.65. The number of anilines is 1. The molecule has 2 N–H and O–H groups in total. The maximum absolute atomic E-state index is 5.98. The molecule has 0 aliphatic rings. The van der Waals surface area contributed by atoms with Crippen LogP contribution >= 0.6 is 27.5 Å². The predicted octanol–water partition coefficient (Wildman–Crippen LogP) is 2.52. The average molecular weight is 279 g/mol. The lowest BCUT2D eigenvalue weighted by molar-refractivity contribution is 0.637. The quantitative estimate of drug-likeness (QED) is 0.889. The lowest BCUT2D eigenvalue weighted by Gasteiger charge is -2.12. The molecule has 1 aromatic heterocycles. The van der Waals surface area contributed by atoms with Crippen LogP contribution in [-0.4, -0.2) is 24.6 Å². The minimum Gasteiger partial charge on any atom is -0.367 e. The Hall–Kier alpha value is -0.320. The number of rotatable bonds is 4. The van der Waals surface area contributed by atoms with Crippen LogP contribution in [0.5, 0.6) is 0 Å². The standard InChI is InChI=1S/C9H13BrClN3/c1-6(12-2)4-13-9-8(11)3-7(10)5-14-9/h3,5-6,12H,4H2,1-2H3,(H,13,14). The molecule has 1 atom stereocenters. The maximum atomic E-state index is 5.98. The Morgan fingerprint density at radius 3 is 2.93 bits per heavy atom. The minimum atomic E-state index is 0.386. The first-order valence-electron chi connectivity index (χ1n) is 4.35. The number of pyridine rings is 1. The molecule has 1 unspecified atom stereocenters. The molecule has 0 aliphatic heterocycles. The van der Waals surface area contributed by atoms with Gasteiger partial charge in [-0.05, 0) is 36.0 Å². The smallest absolute Gasteiger partial charge is 0.144 e. The van der Waals surface area contributed by atoms with Gasteiger partial charge in [0.2, 0.25) is 0 Å². The Balaban J connectivity index is 2.59. The van der Waals surface area contributed by atoms with Crippen LogP contribution in [0.4, 0.5) is 5.82 Å². The van der Waals surface area contributed by atoms with Crippen LogP contribution in [0.3, 0.4) is 0 Å². The third-order valence-electron chi connectivity index (χ3n) is 1.88. The largest absolute Gasteiger partial charge is 0.367 e. The van der Waals surface area contributed by atoms with E-state index in [4.69, 9.17) is 11.6 Å². The summed E-state index contributed by atoms with van der Waals surface area (Å²) >= 11 is 9.28. The van der Waals surface area contributed by atoms with E-state index in [0.29, 0.717) is 11.1 Å². The molecule has 3 nitrogen and oxygen atoms in total. The van der Waals surface area contributed by atoms with Gasteiger partial charge in [-0.25, -0.2) is 4.98 Å². The number of nitrogens with zero attached hydrogens (tertiary/aromatic N) is 1. The van der Waals surface area contributed by atoms with Crippen molar-refractivity contribution in [1.29, 1.82) is 0 Å². The fourth-order valence-corrected chi connectivity index (χ4v) is 1.59. The van der Waals surface area contributed by atoms with Gasteiger partial charge >= 0.3 is 0 Å². The first-order chi connectivity index (χ1) is 6.63. The fourth-order valence-electron chi connectivity index (χ4n) is 0.896. The van der Waals surface area contributed by atoms with Crippen molar-refractivity contribution in [1.82, 2.24) is 10.3 Å². The Bertz CT molecular complexity index is 306. The zero-order chi connectivity index (χ0) is 10.6. The van der Waals surface area contributed by atoms with Crippen molar-refractivity contribution in [3.63, 3.8) is 0 Å². The molecule has 0 amide bonds. The number of hydrogen-bond donors (Lipinski definition) is 2. The van der Waals surface area contributed by atoms with Gasteiger partial charge in [0, 0.05) is 23.3 Å². The van der Waals surface area contributed by atoms with Crippen molar-refractivity contribution < 1.29 is 0 Å². The zero-order valence-corrected chi connectivity index (χ0v) is 10.5. The van der Waals surface area contributed by atoms with Gasteiger partial charge in [0.1, 0.15) is 5.82 Å². The van der Waals surface area contributed by atoms with Gasteiger partial charge < -0.3 is 10.6 Å². The topological polar surface area (TPSA) is 37.0 Å². The molecule has 1 rings (SSSR count). The highest BCUT2D eigenvalue weighted by molar-refractivity contribution is 9.10. The van der Waals surface area contributed by atoms with Crippen molar-refractivity contribution in [2.45, 2.75) is 13.0 Å². The van der Waals surface area contributed by atoms with Crippen molar-refractivity contribution in [2.75, 3.05) is 18.9 Å². The SMILES string of the molecule is CNC(C)CNc1ncc(Br)cc1Cl. The van der Waals surface area contributed by atoms with Crippen molar-refractivity contribution in [3.05, 3.63) is 21.8 Å². The summed E-state index contributed by atoms with van der Waals surface area (Å²) in [5.74, 6) is 0.719. The molecule has 0 aromatic carbocycles. The number of likely N-dealkylation sites (N-methyl/N-ethyl adjacent to an activating group) is 1. The average Bonchev–Trinajstić information content (AvgIpc) is 2.16. The molecule has 14 heavy (non-hydrogen) atoms. The molecule has 0 fully saturated rings. The number of hydrogen-bond acceptors (Lipinski definition) is 3. The van der Waals surface area contributed by atoms with E-state index in [9.17, 15) is 0 Å². The van der Waals surface area contributed by atoms with Crippen molar-refractivity contribution in [2.24, 2.45) is 0 Å². The van der Waals surface area contributed by atoms with E-state index in [-0.39, 0.29) is 0 Å². The van der Waals surface area contributed by atoms with Gasteiger partial charge in [-0.2, -0.15) is 0 Å². The van der Waals surface area contributed by atoms with E-state index < -0.39 is 0 Å². The van der Waals surface area contributed by atoms with E-state index >= 15 is 0 Å². The molecule has 5 heteroatoms. The lowest BCUT2D eigenvalue weighted by Crippen LogP contribution is -2.29. The van der Waals surface area contributed by atoms with Crippen LogP contribution in [-0.2, 0) is 0 Å². The van der Waals surface area contributed by atoms with Crippen LogP contribution in [0.15, 0.2) is 16.7 Å². The molecule has 0 spiro atoms. The van der Waals surface area contributed by atoms with Crippen LogP contribution in [0.1, 0.15) is 6.92 Å². The number of aromatic nitrogens is 1. The zero-order valence-electron chi connectivity index (χ0n) is 8.14. The van der Waals surface area contributed by atoms with E-state index in [0.717, 1.165) is 16.8 Å². The molecule has 0 bridgehead atoms. The van der Waals surface area contributed by atoms with E-state index in [2.05, 4.69) is 38.5 Å². The van der Waals surface area contributed by atoms with Gasteiger partial charge in [-0.15, -0.1) is 0 Å². The van der Waals surface area contributed by atoms with Crippen LogP contribution in [0.25, 0.3) is 0 Å². The molecular formula is C9H13BrClN3. The third-order valence-corrected chi connectivity index (χ3v) is 2.60. The fraction of sp³-hybridized carbons (Fsp3) is 0.444. The molecule has 0 saturated heterocycles. The van der Waals surface area contributed by atoms with Gasteiger partial charge in [0.25, 0.3) is 0 Å². The molecule has 1 heterocycles. The van der Waals surface area contributed by atoms with Gasteiger partial charge in [-0.1, -0.05) is 11.6 Å². The Labute approximate surface area is 97.4 Å². The second kappa shape index (κ2) is 5.53. The summed E-state index contributed by atoms with van der Waals surface area (Å²) in [7, 11) is 1.92. The lowest BCUT2D eigenvalue weighted by atomic mass is 10.3. The molecule has 0 aliphatic carbocycles. The first kappa shape index (κ1) is 11.8.